The van der Waals surface area contributed by atoms with Gasteiger partial charge in [0.15, 0.2) is 5.69 Å². The Hall–Kier alpha value is -2.31. The number of nitrogens with two attached hydrogens (primary N) is 2. The summed E-state index contributed by atoms with van der Waals surface area (Å²) in [7, 11) is 3.92. The molecular weight excluding hydrogens is 359 g/mol. The zero-order valence-corrected chi connectivity index (χ0v) is 16.2. The number of rotatable bonds is 2. The Morgan fingerprint density at radius 3 is 2.24 bits per heavy atom. The fourth-order valence-electron chi connectivity index (χ4n) is 2.65. The Bertz CT molecular complexity index is 904. The topological polar surface area (TPSA) is 84.7 Å². The third-order valence-electron chi connectivity index (χ3n) is 4.29. The minimum atomic E-state index is 0. The molecule has 0 aliphatic rings. The van der Waals surface area contributed by atoms with Crippen LogP contribution in [0.25, 0.3) is 10.9 Å². The van der Waals surface area contributed by atoms with Gasteiger partial charge in [-0.1, -0.05) is 4.98 Å². The van der Waals surface area contributed by atoms with Crippen molar-refractivity contribution < 1.29 is 21.5 Å². The molecule has 0 fully saturated rings. The summed E-state index contributed by atoms with van der Waals surface area (Å²) >= 11 is 0. The highest BCUT2D eigenvalue weighted by Crippen LogP contribution is 2.24. The molecule has 2 heterocycles. The monoisotopic (exact) mass is 381 g/mol. The van der Waals surface area contributed by atoms with Gasteiger partial charge in [0.25, 0.3) is 0 Å². The van der Waals surface area contributed by atoms with Crippen molar-refractivity contribution >= 4 is 46.5 Å². The number of aromatic nitrogens is 3. The normalized spacial score (nSPS) is 10.1. The van der Waals surface area contributed by atoms with Gasteiger partial charge in [0.05, 0.1) is 23.8 Å². The predicted molar refractivity (Wildman–Crippen MR) is 99.4 cm³/mol. The predicted octanol–water partition coefficient (Wildman–Crippen LogP) is -1.17. The van der Waals surface area contributed by atoms with Crippen molar-refractivity contribution in [1.29, 1.82) is 0 Å². The Labute approximate surface area is 159 Å². The lowest BCUT2D eigenvalue weighted by atomic mass is 10.1. The highest BCUT2D eigenvalue weighted by atomic mass is 35.5. The van der Waals surface area contributed by atoms with Gasteiger partial charge in [-0.05, 0) is 19.1 Å². The third-order valence-corrected chi connectivity index (χ3v) is 4.29. The minimum absolute atomic E-state index is 0. The van der Waals surface area contributed by atoms with Gasteiger partial charge in [-0.3, -0.25) is 5.73 Å². The molecule has 0 saturated carbocycles. The van der Waals surface area contributed by atoms with E-state index in [1.807, 2.05) is 56.8 Å². The van der Waals surface area contributed by atoms with Gasteiger partial charge in [0.2, 0.25) is 11.3 Å². The summed E-state index contributed by atoms with van der Waals surface area (Å²) in [5, 5.41) is 4.31. The second kappa shape index (κ2) is 7.72. The highest BCUT2D eigenvalue weighted by Gasteiger charge is 2.14. The molecule has 1 aromatic carbocycles. The number of nitrogens with zero attached hydrogens (tertiary/aromatic N) is 3. The molecule has 3 rings (SSSR count). The van der Waals surface area contributed by atoms with Crippen LogP contribution >= 0.6 is 12.4 Å². The first kappa shape index (κ1) is 20.7. The molecule has 0 unspecified atom stereocenters. The van der Waals surface area contributed by atoms with Crippen LogP contribution in [0.15, 0.2) is 30.3 Å². The Morgan fingerprint density at radius 2 is 1.60 bits per heavy atom. The first-order valence-corrected chi connectivity index (χ1v) is 7.46. The van der Waals surface area contributed by atoms with Gasteiger partial charge in [0.1, 0.15) is 7.05 Å². The molecule has 0 amide bonds. The summed E-state index contributed by atoms with van der Waals surface area (Å²) in [4.78, 5) is 4.36. The van der Waals surface area contributed by atoms with Crippen LogP contribution < -0.4 is 38.3 Å². The first-order valence-electron chi connectivity index (χ1n) is 7.46. The summed E-state index contributed by atoms with van der Waals surface area (Å²) in [5.74, 6) is 1.18. The lowest BCUT2D eigenvalue weighted by Crippen LogP contribution is -3.00. The standard InChI is InChI=1S/C17H20N6.2ClH/c1-10-7-14(18)13-9-12(5-6-15(13)22(10)3)20-16-8-11(2)23(4)17(19)21-16;;/h5-9,18H,1-4H3,(H2,19,20,21);2*1H/p+1. The summed E-state index contributed by atoms with van der Waals surface area (Å²) < 4.78 is 3.96. The molecule has 0 saturated heterocycles. The van der Waals surface area contributed by atoms with Crippen molar-refractivity contribution in [3.63, 3.8) is 0 Å². The fourth-order valence-corrected chi connectivity index (χ4v) is 2.65. The molecule has 134 valence electrons. The number of hydrogen-bond donors (Lipinski definition) is 3. The third kappa shape index (κ3) is 3.86. The van der Waals surface area contributed by atoms with Gasteiger partial charge in [-0.2, -0.15) is 4.57 Å². The summed E-state index contributed by atoms with van der Waals surface area (Å²) in [6.45, 7) is 4.03. The van der Waals surface area contributed by atoms with E-state index in [-0.39, 0.29) is 24.8 Å². The van der Waals surface area contributed by atoms with Crippen molar-refractivity contribution in [3.8, 4) is 0 Å². The number of benzene rings is 1. The molecule has 2 aromatic heterocycles. The van der Waals surface area contributed by atoms with Crippen molar-refractivity contribution in [3.05, 3.63) is 41.7 Å². The summed E-state index contributed by atoms with van der Waals surface area (Å²) in [5.41, 5.74) is 17.0. The van der Waals surface area contributed by atoms with Crippen LogP contribution in [0.3, 0.4) is 0 Å². The van der Waals surface area contributed by atoms with Crippen LogP contribution in [-0.2, 0) is 14.1 Å². The van der Waals surface area contributed by atoms with Crippen LogP contribution in [-0.4, -0.2) is 4.98 Å². The summed E-state index contributed by atoms with van der Waals surface area (Å²) in [6.07, 6.45) is 0. The lowest BCUT2D eigenvalue weighted by Gasteiger charge is -2.08. The van der Waals surface area contributed by atoms with Crippen LogP contribution in [0.4, 0.5) is 23.1 Å². The van der Waals surface area contributed by atoms with Crippen LogP contribution in [0.2, 0.25) is 0 Å². The number of nitrogen functional groups attached to an aromatic ring is 2. The molecule has 6 nitrogen and oxygen atoms in total. The average molecular weight is 382 g/mol. The molecular formula is C17H23Cl2N6+. The molecule has 0 atom stereocenters. The van der Waals surface area contributed by atoms with E-state index in [1.54, 1.807) is 0 Å². The molecule has 0 aliphatic heterocycles. The maximum absolute atomic E-state index is 6.18. The number of anilines is 4. The largest absolute Gasteiger partial charge is 1.00 e. The number of pyridine rings is 1. The molecule has 0 radical (unpaired) electrons. The Balaban J connectivity index is 0.00000156. The van der Waals surface area contributed by atoms with E-state index in [0.29, 0.717) is 11.8 Å². The van der Waals surface area contributed by atoms with Gasteiger partial charge in [-0.15, -0.1) is 12.4 Å². The average Bonchev–Trinajstić information content (AvgIpc) is 2.50. The SMILES string of the molecule is Cc1cc(Nc2ccc3c(c2)c(N)cc(C)[n+]3C)nc(N)[n+]1C.Cl.[Cl-]. The van der Waals surface area contributed by atoms with Gasteiger partial charge in [-0.25, -0.2) is 4.57 Å². The first-order chi connectivity index (χ1) is 10.9. The van der Waals surface area contributed by atoms with Crippen LogP contribution in [0.5, 0.6) is 0 Å². The van der Waals surface area contributed by atoms with Gasteiger partial charge < -0.3 is 23.5 Å². The van der Waals surface area contributed by atoms with E-state index >= 15 is 0 Å². The van der Waals surface area contributed by atoms with E-state index in [0.717, 1.165) is 33.7 Å². The number of hydrogen-bond acceptors (Lipinski definition) is 4. The smallest absolute Gasteiger partial charge is 0.391 e. The maximum atomic E-state index is 6.18. The maximum Gasteiger partial charge on any atom is 0.391 e. The number of aryl methyl sites for hydroxylation is 3. The van der Waals surface area contributed by atoms with Gasteiger partial charge in [0, 0.05) is 30.8 Å². The van der Waals surface area contributed by atoms with E-state index < -0.39 is 0 Å². The molecule has 0 aliphatic carbocycles. The van der Waals surface area contributed by atoms with Crippen LogP contribution in [0, 0.1) is 13.8 Å². The molecule has 8 heteroatoms. The zero-order valence-electron chi connectivity index (χ0n) is 14.7. The minimum Gasteiger partial charge on any atom is -1.00 e. The summed E-state index contributed by atoms with van der Waals surface area (Å²) in [6, 6.07) is 10.0. The number of nitrogens with one attached hydrogen (secondary N) is 1. The van der Waals surface area contributed by atoms with E-state index in [9.17, 15) is 0 Å². The molecule has 0 bridgehead atoms. The van der Waals surface area contributed by atoms with Crippen molar-refractivity contribution in [2.24, 2.45) is 14.1 Å². The lowest BCUT2D eigenvalue weighted by molar-refractivity contribution is -0.665. The molecule has 0 spiro atoms. The highest BCUT2D eigenvalue weighted by molar-refractivity contribution is 5.91. The fraction of sp³-hybridized carbons (Fsp3) is 0.235. The van der Waals surface area contributed by atoms with Crippen molar-refractivity contribution in [2.45, 2.75) is 13.8 Å². The van der Waals surface area contributed by atoms with Crippen molar-refractivity contribution in [1.82, 2.24) is 4.98 Å². The molecule has 5 N–H and O–H groups in total. The number of halogens is 2. The second-order valence-corrected chi connectivity index (χ2v) is 5.86. The second-order valence-electron chi connectivity index (χ2n) is 5.86. The van der Waals surface area contributed by atoms with Gasteiger partial charge >= 0.3 is 5.95 Å². The van der Waals surface area contributed by atoms with E-state index in [4.69, 9.17) is 11.5 Å². The van der Waals surface area contributed by atoms with E-state index in [2.05, 4.69) is 20.9 Å². The van der Waals surface area contributed by atoms with Crippen molar-refractivity contribution in [2.75, 3.05) is 16.8 Å². The Morgan fingerprint density at radius 1 is 0.960 bits per heavy atom. The molecule has 3 aromatic rings. The van der Waals surface area contributed by atoms with E-state index in [1.165, 1.54) is 0 Å². The Kier molecular flexibility index (Phi) is 6.40. The quantitative estimate of drug-likeness (QED) is 0.488. The van der Waals surface area contributed by atoms with Crippen LogP contribution in [0.1, 0.15) is 11.4 Å². The number of fused-ring (bicyclic) bond motifs is 1. The zero-order chi connectivity index (χ0) is 16.7. The molecule has 25 heavy (non-hydrogen) atoms.